The summed E-state index contributed by atoms with van der Waals surface area (Å²) < 4.78 is 2.07. The number of nitrogens with zero attached hydrogens (tertiary/aromatic N) is 3. The van der Waals surface area contributed by atoms with Crippen LogP contribution in [0.2, 0.25) is 0 Å². The van der Waals surface area contributed by atoms with Crippen LogP contribution in [-0.2, 0) is 14.1 Å². The third-order valence-corrected chi connectivity index (χ3v) is 6.18. The van der Waals surface area contributed by atoms with Gasteiger partial charge in [0.1, 0.15) is 5.56 Å². The zero-order valence-corrected chi connectivity index (χ0v) is 16.3. The van der Waals surface area contributed by atoms with Crippen LogP contribution in [-0.4, -0.2) is 20.0 Å². The van der Waals surface area contributed by atoms with Crippen LogP contribution in [0, 0.1) is 0 Å². The number of fused-ring (bicyclic) bond motifs is 1. The number of aromatic nitrogens is 2. The lowest BCUT2D eigenvalue weighted by Gasteiger charge is -2.17. The van der Waals surface area contributed by atoms with Gasteiger partial charge in [0.2, 0.25) is 5.88 Å². The zero-order valence-electron chi connectivity index (χ0n) is 15.5. The van der Waals surface area contributed by atoms with Crippen LogP contribution in [0.3, 0.4) is 0 Å². The molecule has 0 unspecified atom stereocenters. The van der Waals surface area contributed by atoms with Crippen LogP contribution < -0.4 is 11.2 Å². The van der Waals surface area contributed by atoms with Crippen LogP contribution in [0.4, 0.5) is 5.69 Å². The molecule has 0 fully saturated rings. The molecule has 0 amide bonds. The summed E-state index contributed by atoms with van der Waals surface area (Å²) in [5, 5.41) is 10.6. The minimum Gasteiger partial charge on any atom is -0.494 e. The summed E-state index contributed by atoms with van der Waals surface area (Å²) >= 11 is 1.68. The number of para-hydroxylation sites is 1. The minimum atomic E-state index is -0.574. The molecule has 3 aromatic rings. The molecule has 0 bridgehead atoms. The molecule has 28 heavy (non-hydrogen) atoms. The van der Waals surface area contributed by atoms with Crippen molar-refractivity contribution in [1.82, 2.24) is 9.13 Å². The average Bonchev–Trinajstić information content (AvgIpc) is 2.91. The first kappa shape index (κ1) is 18.3. The van der Waals surface area contributed by atoms with E-state index in [9.17, 15) is 14.7 Å². The van der Waals surface area contributed by atoms with E-state index in [1.807, 2.05) is 54.6 Å². The van der Waals surface area contributed by atoms with Crippen molar-refractivity contribution in [3.63, 3.8) is 0 Å². The highest BCUT2D eigenvalue weighted by molar-refractivity contribution is 7.99. The summed E-state index contributed by atoms with van der Waals surface area (Å²) in [7, 11) is 2.84. The van der Waals surface area contributed by atoms with E-state index in [1.165, 1.54) is 14.1 Å². The predicted molar refractivity (Wildman–Crippen MR) is 111 cm³/mol. The lowest BCUT2D eigenvalue weighted by atomic mass is 10.0. The zero-order chi connectivity index (χ0) is 19.8. The van der Waals surface area contributed by atoms with E-state index in [0.717, 1.165) is 25.3 Å². The lowest BCUT2D eigenvalue weighted by Crippen LogP contribution is -2.40. The maximum Gasteiger partial charge on any atom is 0.333 e. The maximum atomic E-state index is 12.8. The normalized spacial score (nSPS) is 16.2. The highest BCUT2D eigenvalue weighted by atomic mass is 32.2. The number of benzene rings is 2. The molecule has 0 saturated heterocycles. The molecule has 1 aromatic heterocycles. The molecule has 0 aliphatic carbocycles. The van der Waals surface area contributed by atoms with Crippen LogP contribution in [0.25, 0.3) is 0 Å². The summed E-state index contributed by atoms with van der Waals surface area (Å²) in [4.78, 5) is 30.7. The number of aliphatic imine (C=N–C) groups is 1. The molecule has 1 aliphatic heterocycles. The largest absolute Gasteiger partial charge is 0.494 e. The Bertz CT molecular complexity index is 1200. The van der Waals surface area contributed by atoms with E-state index >= 15 is 0 Å². The summed E-state index contributed by atoms with van der Waals surface area (Å²) in [5.41, 5.74) is 1.28. The summed E-state index contributed by atoms with van der Waals surface area (Å²) in [5.74, 6) is -0.358. The Morgan fingerprint density at radius 2 is 1.68 bits per heavy atom. The lowest BCUT2D eigenvalue weighted by molar-refractivity contribution is 0.410. The Hall–Kier alpha value is -3.06. The third kappa shape index (κ3) is 3.07. The molecular formula is C21H19N3O3S. The van der Waals surface area contributed by atoms with Gasteiger partial charge >= 0.3 is 5.69 Å². The number of rotatable bonds is 2. The predicted octanol–water partition coefficient (Wildman–Crippen LogP) is 3.15. The summed E-state index contributed by atoms with van der Waals surface area (Å²) in [6.45, 7) is 0. The molecule has 1 atom stereocenters. The number of aromatic hydroxyl groups is 1. The van der Waals surface area contributed by atoms with Crippen molar-refractivity contribution in [3.8, 4) is 5.88 Å². The van der Waals surface area contributed by atoms with E-state index in [0.29, 0.717) is 12.1 Å². The molecule has 1 N–H and O–H groups in total. The van der Waals surface area contributed by atoms with Crippen LogP contribution >= 0.6 is 11.8 Å². The molecule has 1 aliphatic rings. The third-order valence-electron chi connectivity index (χ3n) is 4.86. The Kier molecular flexibility index (Phi) is 4.68. The Morgan fingerprint density at radius 1 is 1.00 bits per heavy atom. The van der Waals surface area contributed by atoms with Crippen molar-refractivity contribution in [2.24, 2.45) is 19.1 Å². The fraction of sp³-hybridized carbons (Fsp3) is 0.190. The van der Waals surface area contributed by atoms with Gasteiger partial charge in [-0.15, -0.1) is 11.8 Å². The molecule has 0 radical (unpaired) electrons. The second kappa shape index (κ2) is 7.16. The van der Waals surface area contributed by atoms with Crippen molar-refractivity contribution >= 4 is 23.2 Å². The van der Waals surface area contributed by atoms with Gasteiger partial charge in [0.25, 0.3) is 5.56 Å². The molecular weight excluding hydrogens is 374 g/mol. The second-order valence-electron chi connectivity index (χ2n) is 6.65. The molecule has 2 aromatic carbocycles. The highest BCUT2D eigenvalue weighted by Crippen LogP contribution is 2.45. The fourth-order valence-electron chi connectivity index (χ4n) is 3.31. The molecule has 2 heterocycles. The quantitative estimate of drug-likeness (QED) is 0.726. The van der Waals surface area contributed by atoms with E-state index in [2.05, 4.69) is 0 Å². The maximum absolute atomic E-state index is 12.8. The number of thioether (sulfide) groups is 1. The van der Waals surface area contributed by atoms with Gasteiger partial charge in [-0.1, -0.05) is 42.5 Å². The van der Waals surface area contributed by atoms with E-state index in [1.54, 1.807) is 11.8 Å². The van der Waals surface area contributed by atoms with Crippen molar-refractivity contribution in [2.45, 2.75) is 16.6 Å². The molecule has 7 heteroatoms. The monoisotopic (exact) mass is 393 g/mol. The summed E-state index contributed by atoms with van der Waals surface area (Å²) in [6.07, 6.45) is 0.449. The molecule has 0 saturated carbocycles. The Morgan fingerprint density at radius 3 is 2.43 bits per heavy atom. The fourth-order valence-corrected chi connectivity index (χ4v) is 4.54. The average molecular weight is 393 g/mol. The van der Waals surface area contributed by atoms with Gasteiger partial charge < -0.3 is 5.11 Å². The van der Waals surface area contributed by atoms with E-state index in [-0.39, 0.29) is 16.7 Å². The van der Waals surface area contributed by atoms with Gasteiger partial charge in [0, 0.05) is 30.7 Å². The van der Waals surface area contributed by atoms with E-state index in [4.69, 9.17) is 4.99 Å². The first-order valence-corrected chi connectivity index (χ1v) is 9.73. The Labute approximate surface area is 165 Å². The van der Waals surface area contributed by atoms with Gasteiger partial charge in [0.05, 0.1) is 11.4 Å². The van der Waals surface area contributed by atoms with Crippen molar-refractivity contribution in [1.29, 1.82) is 0 Å². The van der Waals surface area contributed by atoms with Crippen LogP contribution in [0.15, 0.2) is 74.1 Å². The first-order chi connectivity index (χ1) is 13.5. The van der Waals surface area contributed by atoms with Gasteiger partial charge in [-0.2, -0.15) is 0 Å². The topological polar surface area (TPSA) is 76.6 Å². The summed E-state index contributed by atoms with van der Waals surface area (Å²) in [6, 6.07) is 17.7. The number of hydrogen-bond acceptors (Lipinski definition) is 5. The Balaban J connectivity index is 1.95. The number of hydrogen-bond donors (Lipinski definition) is 1. The van der Waals surface area contributed by atoms with Gasteiger partial charge in [-0.3, -0.25) is 18.9 Å². The minimum absolute atomic E-state index is 0.0185. The highest BCUT2D eigenvalue weighted by Gasteiger charge is 2.27. The van der Waals surface area contributed by atoms with Crippen LogP contribution in [0.1, 0.15) is 22.8 Å². The SMILES string of the molecule is Cn1c(O)c(C2=Nc3ccccc3S[C@@H](c3ccccc3)C2)c(=O)n(C)c1=O. The van der Waals surface area contributed by atoms with Crippen LogP contribution in [0.5, 0.6) is 5.88 Å². The van der Waals surface area contributed by atoms with Gasteiger partial charge in [-0.05, 0) is 17.7 Å². The first-order valence-electron chi connectivity index (χ1n) is 8.85. The van der Waals surface area contributed by atoms with Crippen molar-refractivity contribution < 1.29 is 5.11 Å². The molecule has 6 nitrogen and oxygen atoms in total. The second-order valence-corrected chi connectivity index (χ2v) is 7.90. The van der Waals surface area contributed by atoms with Crippen molar-refractivity contribution in [3.05, 3.63) is 86.6 Å². The smallest absolute Gasteiger partial charge is 0.333 e. The molecule has 4 rings (SSSR count). The van der Waals surface area contributed by atoms with Gasteiger partial charge in [-0.25, -0.2) is 4.79 Å². The standard InChI is InChI=1S/C21H19N3O3S/c1-23-19(25)18(20(26)24(2)21(23)27)15-12-17(13-8-4-3-5-9-13)28-16-11-7-6-10-14(16)22-15/h3-11,17,25H,12H2,1-2H3/t17-/m1/s1. The van der Waals surface area contributed by atoms with Gasteiger partial charge in [0.15, 0.2) is 0 Å². The molecule has 142 valence electrons. The van der Waals surface area contributed by atoms with E-state index < -0.39 is 11.2 Å². The van der Waals surface area contributed by atoms with Crippen molar-refractivity contribution in [2.75, 3.05) is 0 Å². The molecule has 0 spiro atoms.